The Morgan fingerprint density at radius 1 is 1.11 bits per heavy atom. The normalized spacial score (nSPS) is 16.6. The average molecular weight is 393 g/mol. The molecule has 0 saturated heterocycles. The molecule has 1 rings (SSSR count). The van der Waals surface area contributed by atoms with Crippen molar-refractivity contribution in [1.29, 1.82) is 0 Å². The van der Waals surface area contributed by atoms with E-state index in [0.29, 0.717) is 12.0 Å². The number of ether oxygens (including phenoxy) is 2. The Hall–Kier alpha value is -1.77. The topological polar surface area (TPSA) is 54.0 Å². The van der Waals surface area contributed by atoms with Crippen LogP contribution < -0.4 is 0 Å². The number of carbonyl (C=O) groups excluding carboxylic acids is 1. The van der Waals surface area contributed by atoms with Gasteiger partial charge >= 0.3 is 5.97 Å². The molecule has 5 heteroatoms. The van der Waals surface area contributed by atoms with Crippen LogP contribution in [0.4, 0.5) is 0 Å². The van der Waals surface area contributed by atoms with E-state index in [1.165, 1.54) is 19.1 Å². The van der Waals surface area contributed by atoms with Gasteiger partial charge in [0.1, 0.15) is 0 Å². The number of esters is 1. The number of unbranched alkanes of at least 4 members (excludes halogenated alkanes) is 4. The van der Waals surface area contributed by atoms with Crippen molar-refractivity contribution in [2.75, 3.05) is 0 Å². The number of carbonyl (C=O) groups is 1. The fourth-order valence-electron chi connectivity index (χ4n) is 2.16. The minimum atomic E-state index is -0.774. The predicted octanol–water partition coefficient (Wildman–Crippen LogP) is 5.61. The van der Waals surface area contributed by atoms with Crippen LogP contribution in [0.2, 0.25) is 0 Å². The number of rotatable bonds is 11. The number of hydrogen-bond donors (Lipinski definition) is 0. The van der Waals surface area contributed by atoms with Crippen molar-refractivity contribution in [3.8, 4) is 11.8 Å². The van der Waals surface area contributed by atoms with Crippen LogP contribution in [0.3, 0.4) is 0 Å². The molecule has 1 unspecified atom stereocenters. The summed E-state index contributed by atoms with van der Waals surface area (Å²) in [5.41, 5.74) is -0.435. The van der Waals surface area contributed by atoms with Crippen molar-refractivity contribution in [1.82, 2.24) is 0 Å². The summed E-state index contributed by atoms with van der Waals surface area (Å²) in [5, 5.41) is 0. The van der Waals surface area contributed by atoms with Gasteiger partial charge < -0.3 is 9.47 Å². The summed E-state index contributed by atoms with van der Waals surface area (Å²) in [7, 11) is 0. The monoisotopic (exact) mass is 392 g/mol. The molecule has 1 aliphatic heterocycles. The van der Waals surface area contributed by atoms with Crippen LogP contribution in [-0.2, 0) is 24.0 Å². The molecule has 1 heterocycles. The fraction of sp³-hybridized carbons (Fsp3) is 0.696. The molecule has 158 valence electrons. The highest BCUT2D eigenvalue weighted by Gasteiger charge is 2.24. The standard InChI is InChI=1S/C23H36O5/c1-7-9-10-11-12-13-20(24)26-21-18-19(15-17-25-21)14-16-23(5,6)28-27-22(3,4)8-2/h15,17-18,21H,7-13H2,1-6H3. The first kappa shape index (κ1) is 24.3. The van der Waals surface area contributed by atoms with E-state index in [4.69, 9.17) is 19.2 Å². The Labute approximate surface area is 170 Å². The van der Waals surface area contributed by atoms with E-state index < -0.39 is 11.9 Å². The minimum absolute atomic E-state index is 0.251. The second kappa shape index (κ2) is 11.9. The molecule has 0 aliphatic carbocycles. The molecule has 28 heavy (non-hydrogen) atoms. The minimum Gasteiger partial charge on any atom is -0.459 e. The highest BCUT2D eigenvalue weighted by molar-refractivity contribution is 5.69. The first-order valence-electron chi connectivity index (χ1n) is 10.3. The van der Waals surface area contributed by atoms with Crippen LogP contribution in [0.5, 0.6) is 0 Å². The van der Waals surface area contributed by atoms with Crippen molar-refractivity contribution >= 4 is 5.97 Å². The molecule has 0 fully saturated rings. The van der Waals surface area contributed by atoms with Crippen LogP contribution in [0, 0.1) is 11.8 Å². The van der Waals surface area contributed by atoms with Crippen LogP contribution in [0.25, 0.3) is 0 Å². The lowest BCUT2D eigenvalue weighted by atomic mass is 10.1. The molecule has 1 atom stereocenters. The average Bonchev–Trinajstić information content (AvgIpc) is 2.65. The maximum Gasteiger partial charge on any atom is 0.309 e. The predicted molar refractivity (Wildman–Crippen MR) is 110 cm³/mol. The Kier molecular flexibility index (Phi) is 10.3. The van der Waals surface area contributed by atoms with Gasteiger partial charge in [0.25, 0.3) is 6.29 Å². The smallest absolute Gasteiger partial charge is 0.309 e. The maximum absolute atomic E-state index is 11.9. The third-order valence-electron chi connectivity index (χ3n) is 4.34. The van der Waals surface area contributed by atoms with Crippen LogP contribution in [0.15, 0.2) is 24.0 Å². The molecule has 0 N–H and O–H groups in total. The molecule has 0 aromatic heterocycles. The SMILES string of the molecule is CCCCCCCC(=O)OC1C=C(C#CC(C)(C)OOC(C)(C)CC)C=CO1. The van der Waals surface area contributed by atoms with E-state index in [2.05, 4.69) is 18.8 Å². The van der Waals surface area contributed by atoms with Gasteiger partial charge in [0, 0.05) is 18.1 Å². The van der Waals surface area contributed by atoms with Gasteiger partial charge in [-0.3, -0.25) is 4.79 Å². The highest BCUT2D eigenvalue weighted by Crippen LogP contribution is 2.19. The summed E-state index contributed by atoms with van der Waals surface area (Å²) < 4.78 is 10.7. The van der Waals surface area contributed by atoms with Gasteiger partial charge in [-0.25, -0.2) is 9.78 Å². The third-order valence-corrected chi connectivity index (χ3v) is 4.34. The highest BCUT2D eigenvalue weighted by atomic mass is 17.2. The largest absolute Gasteiger partial charge is 0.459 e. The Bertz CT molecular complexity index is 604. The van der Waals surface area contributed by atoms with Crippen LogP contribution in [0.1, 0.15) is 86.5 Å². The molecule has 0 spiro atoms. The van der Waals surface area contributed by atoms with Gasteiger partial charge in [0.2, 0.25) is 0 Å². The Balaban J connectivity index is 2.52. The van der Waals surface area contributed by atoms with Gasteiger partial charge in [-0.2, -0.15) is 0 Å². The number of allylic oxidation sites excluding steroid dienone is 2. The molecule has 0 amide bonds. The van der Waals surface area contributed by atoms with Crippen molar-refractivity contribution in [3.05, 3.63) is 24.0 Å². The second-order valence-electron chi connectivity index (χ2n) is 8.12. The summed E-state index contributed by atoms with van der Waals surface area (Å²) in [6.45, 7) is 11.8. The Morgan fingerprint density at radius 3 is 2.50 bits per heavy atom. The van der Waals surface area contributed by atoms with Crippen LogP contribution >= 0.6 is 0 Å². The van der Waals surface area contributed by atoms with Crippen molar-refractivity contribution in [3.63, 3.8) is 0 Å². The lowest BCUT2D eigenvalue weighted by Gasteiger charge is -2.26. The van der Waals surface area contributed by atoms with Crippen molar-refractivity contribution in [2.45, 2.75) is 104 Å². The van der Waals surface area contributed by atoms with Gasteiger partial charge in [0.05, 0.1) is 11.9 Å². The van der Waals surface area contributed by atoms with Gasteiger partial charge in [-0.1, -0.05) is 51.4 Å². The third kappa shape index (κ3) is 10.5. The van der Waals surface area contributed by atoms with Crippen molar-refractivity contribution in [2.24, 2.45) is 0 Å². The molecule has 0 radical (unpaired) electrons. The summed E-state index contributed by atoms with van der Waals surface area (Å²) in [6, 6.07) is 0. The zero-order valence-electron chi connectivity index (χ0n) is 18.3. The molecule has 0 saturated carbocycles. The lowest BCUT2D eigenvalue weighted by Crippen LogP contribution is -2.31. The van der Waals surface area contributed by atoms with E-state index in [1.807, 2.05) is 34.6 Å². The lowest BCUT2D eigenvalue weighted by molar-refractivity contribution is -0.388. The van der Waals surface area contributed by atoms with E-state index >= 15 is 0 Å². The molecule has 1 aliphatic rings. The first-order valence-corrected chi connectivity index (χ1v) is 10.3. The summed E-state index contributed by atoms with van der Waals surface area (Å²) in [4.78, 5) is 22.9. The zero-order valence-corrected chi connectivity index (χ0v) is 18.3. The van der Waals surface area contributed by atoms with E-state index in [1.54, 1.807) is 12.2 Å². The van der Waals surface area contributed by atoms with E-state index in [9.17, 15) is 4.79 Å². The van der Waals surface area contributed by atoms with Crippen LogP contribution in [-0.4, -0.2) is 23.5 Å². The Morgan fingerprint density at radius 2 is 1.82 bits per heavy atom. The molecule has 0 aromatic rings. The molecule has 0 aromatic carbocycles. The second-order valence-corrected chi connectivity index (χ2v) is 8.12. The maximum atomic E-state index is 11.9. The summed E-state index contributed by atoms with van der Waals surface area (Å²) in [6.07, 6.45) is 10.9. The van der Waals surface area contributed by atoms with Gasteiger partial charge in [-0.05, 0) is 46.6 Å². The quantitative estimate of drug-likeness (QED) is 0.150. The summed E-state index contributed by atoms with van der Waals surface area (Å²) in [5.74, 6) is 5.82. The molecule has 5 nitrogen and oxygen atoms in total. The van der Waals surface area contributed by atoms with E-state index in [0.717, 1.165) is 25.7 Å². The van der Waals surface area contributed by atoms with Gasteiger partial charge in [0.15, 0.2) is 5.60 Å². The molecular weight excluding hydrogens is 356 g/mol. The van der Waals surface area contributed by atoms with Crippen molar-refractivity contribution < 1.29 is 24.0 Å². The molecule has 0 bridgehead atoms. The zero-order chi connectivity index (χ0) is 21.0. The molecular formula is C23H36O5. The first-order chi connectivity index (χ1) is 13.2. The van der Waals surface area contributed by atoms with E-state index in [-0.39, 0.29) is 11.6 Å². The van der Waals surface area contributed by atoms with Gasteiger partial charge in [-0.15, -0.1) is 0 Å². The fourth-order valence-corrected chi connectivity index (χ4v) is 2.16. The number of hydrogen-bond acceptors (Lipinski definition) is 5. The summed E-state index contributed by atoms with van der Waals surface area (Å²) >= 11 is 0.